The van der Waals surface area contributed by atoms with Gasteiger partial charge in [0.2, 0.25) is 5.91 Å². The lowest BCUT2D eigenvalue weighted by molar-refractivity contribution is -0.117. The van der Waals surface area contributed by atoms with Crippen LogP contribution in [0.25, 0.3) is 0 Å². The molecule has 0 bridgehead atoms. The summed E-state index contributed by atoms with van der Waals surface area (Å²) in [6.07, 6.45) is 0.704. The Balaban J connectivity index is 1.46. The second-order valence-corrected chi connectivity index (χ2v) is 9.13. The number of hydrogen-bond donors (Lipinski definition) is 1. The number of benzene rings is 1. The quantitative estimate of drug-likeness (QED) is 0.853. The van der Waals surface area contributed by atoms with Crippen LogP contribution in [0.1, 0.15) is 12.0 Å². The number of carbonyl (C=O) groups excluding carboxylic acids is 1. The van der Waals surface area contributed by atoms with Crippen molar-refractivity contribution in [3.8, 4) is 0 Å². The van der Waals surface area contributed by atoms with Crippen LogP contribution in [0.2, 0.25) is 0 Å². The maximum Gasteiger partial charge on any atom is 0.238 e. The van der Waals surface area contributed by atoms with E-state index in [0.717, 1.165) is 18.7 Å². The third-order valence-corrected chi connectivity index (χ3v) is 6.65. The second-order valence-electron chi connectivity index (χ2n) is 6.90. The normalized spacial score (nSPS) is 24.3. The van der Waals surface area contributed by atoms with Crippen LogP contribution in [0.5, 0.6) is 0 Å². The summed E-state index contributed by atoms with van der Waals surface area (Å²) in [5.41, 5.74) is 1.01. The molecular weight excluding hydrogens is 345 g/mol. The molecule has 0 radical (unpaired) electrons. The SMILES string of the molecule is Cc1ccc(NC(=O)CN2CCN(C3CCS(=O)(=O)C3)CC2)c(F)c1. The van der Waals surface area contributed by atoms with Crippen molar-refractivity contribution in [2.75, 3.05) is 49.5 Å². The van der Waals surface area contributed by atoms with Gasteiger partial charge in [-0.15, -0.1) is 0 Å². The number of rotatable bonds is 4. The number of nitrogens with one attached hydrogen (secondary N) is 1. The molecule has 2 fully saturated rings. The Morgan fingerprint density at radius 2 is 2.00 bits per heavy atom. The smallest absolute Gasteiger partial charge is 0.238 e. The topological polar surface area (TPSA) is 69.7 Å². The van der Waals surface area contributed by atoms with Crippen molar-refractivity contribution in [1.82, 2.24) is 9.80 Å². The molecule has 3 rings (SSSR count). The molecule has 2 heterocycles. The van der Waals surface area contributed by atoms with Crippen molar-refractivity contribution < 1.29 is 17.6 Å². The van der Waals surface area contributed by atoms with E-state index >= 15 is 0 Å². The highest BCUT2D eigenvalue weighted by atomic mass is 32.2. The van der Waals surface area contributed by atoms with Gasteiger partial charge in [-0.1, -0.05) is 6.07 Å². The summed E-state index contributed by atoms with van der Waals surface area (Å²) in [7, 11) is -2.87. The number of carbonyl (C=O) groups is 1. The summed E-state index contributed by atoms with van der Waals surface area (Å²) in [6.45, 7) is 4.94. The molecule has 0 aromatic heterocycles. The minimum absolute atomic E-state index is 0.114. The Labute approximate surface area is 147 Å². The van der Waals surface area contributed by atoms with Crippen LogP contribution >= 0.6 is 0 Å². The molecule has 6 nitrogen and oxygen atoms in total. The molecule has 138 valence electrons. The maximum absolute atomic E-state index is 13.8. The lowest BCUT2D eigenvalue weighted by Crippen LogP contribution is -2.52. The minimum Gasteiger partial charge on any atom is -0.322 e. The molecule has 8 heteroatoms. The van der Waals surface area contributed by atoms with E-state index in [1.54, 1.807) is 19.1 Å². The van der Waals surface area contributed by atoms with Crippen molar-refractivity contribution in [2.45, 2.75) is 19.4 Å². The number of amides is 1. The van der Waals surface area contributed by atoms with E-state index in [0.29, 0.717) is 19.5 Å². The first-order valence-electron chi connectivity index (χ1n) is 8.55. The molecule has 2 aliphatic heterocycles. The molecule has 1 N–H and O–H groups in total. The Morgan fingerprint density at radius 1 is 1.28 bits per heavy atom. The average Bonchev–Trinajstić information content (AvgIpc) is 2.91. The van der Waals surface area contributed by atoms with E-state index in [2.05, 4.69) is 10.2 Å². The highest BCUT2D eigenvalue weighted by Gasteiger charge is 2.33. The van der Waals surface area contributed by atoms with E-state index in [1.165, 1.54) is 6.07 Å². The third-order valence-electron chi connectivity index (χ3n) is 4.90. The summed E-state index contributed by atoms with van der Waals surface area (Å²) in [6, 6.07) is 4.83. The molecule has 1 aromatic rings. The van der Waals surface area contributed by atoms with E-state index in [-0.39, 0.29) is 35.7 Å². The van der Waals surface area contributed by atoms with Crippen molar-refractivity contribution in [2.24, 2.45) is 0 Å². The number of sulfone groups is 1. The fourth-order valence-corrected chi connectivity index (χ4v) is 5.23. The maximum atomic E-state index is 13.8. The number of aryl methyl sites for hydroxylation is 1. The first kappa shape index (κ1) is 18.3. The first-order chi connectivity index (χ1) is 11.8. The first-order valence-corrected chi connectivity index (χ1v) is 10.4. The predicted molar refractivity (Wildman–Crippen MR) is 94.8 cm³/mol. The average molecular weight is 369 g/mol. The number of piperazine rings is 1. The van der Waals surface area contributed by atoms with Crippen LogP contribution in [-0.4, -0.2) is 74.4 Å². The summed E-state index contributed by atoms with van der Waals surface area (Å²) < 4.78 is 37.0. The van der Waals surface area contributed by atoms with Crippen molar-refractivity contribution in [3.63, 3.8) is 0 Å². The van der Waals surface area contributed by atoms with Gasteiger partial charge in [-0.2, -0.15) is 0 Å². The number of anilines is 1. The van der Waals surface area contributed by atoms with Gasteiger partial charge in [0.25, 0.3) is 0 Å². The van der Waals surface area contributed by atoms with Crippen molar-refractivity contribution >= 4 is 21.4 Å². The second kappa shape index (κ2) is 7.39. The predicted octanol–water partition coefficient (Wildman–Crippen LogP) is 0.877. The summed E-state index contributed by atoms with van der Waals surface area (Å²) in [5, 5.41) is 2.61. The molecule has 2 saturated heterocycles. The fraction of sp³-hybridized carbons (Fsp3) is 0.588. The van der Waals surface area contributed by atoms with E-state index in [1.807, 2.05) is 4.90 Å². The Morgan fingerprint density at radius 3 is 2.60 bits per heavy atom. The van der Waals surface area contributed by atoms with E-state index in [4.69, 9.17) is 0 Å². The summed E-state index contributed by atoms with van der Waals surface area (Å²) in [5.74, 6) is -0.136. The van der Waals surface area contributed by atoms with Gasteiger partial charge >= 0.3 is 0 Å². The lowest BCUT2D eigenvalue weighted by Gasteiger charge is -2.37. The van der Waals surface area contributed by atoms with Crippen molar-refractivity contribution in [3.05, 3.63) is 29.6 Å². The summed E-state index contributed by atoms with van der Waals surface area (Å²) in [4.78, 5) is 16.4. The molecule has 2 aliphatic rings. The molecule has 0 spiro atoms. The zero-order valence-corrected chi connectivity index (χ0v) is 15.2. The fourth-order valence-electron chi connectivity index (χ4n) is 3.46. The number of nitrogens with zero attached hydrogens (tertiary/aromatic N) is 2. The Bertz CT molecular complexity index is 746. The molecule has 1 aromatic carbocycles. The van der Waals surface area contributed by atoms with Gasteiger partial charge < -0.3 is 5.32 Å². The molecule has 0 saturated carbocycles. The Hall–Kier alpha value is -1.51. The van der Waals surface area contributed by atoms with Gasteiger partial charge in [0, 0.05) is 32.2 Å². The van der Waals surface area contributed by atoms with Gasteiger partial charge in [0.1, 0.15) is 5.82 Å². The molecule has 25 heavy (non-hydrogen) atoms. The van der Waals surface area contributed by atoms with Gasteiger partial charge in [-0.3, -0.25) is 14.6 Å². The van der Waals surface area contributed by atoms with E-state index in [9.17, 15) is 17.6 Å². The largest absolute Gasteiger partial charge is 0.322 e. The van der Waals surface area contributed by atoms with Crippen LogP contribution in [-0.2, 0) is 14.6 Å². The van der Waals surface area contributed by atoms with Crippen LogP contribution in [0, 0.1) is 12.7 Å². The van der Waals surface area contributed by atoms with Crippen molar-refractivity contribution in [1.29, 1.82) is 0 Å². The Kier molecular flexibility index (Phi) is 5.41. The van der Waals surface area contributed by atoms with Gasteiger partial charge in [0.15, 0.2) is 9.84 Å². The molecule has 1 unspecified atom stereocenters. The zero-order chi connectivity index (χ0) is 18.0. The highest BCUT2D eigenvalue weighted by Crippen LogP contribution is 2.19. The summed E-state index contributed by atoms with van der Waals surface area (Å²) >= 11 is 0. The monoisotopic (exact) mass is 369 g/mol. The zero-order valence-electron chi connectivity index (χ0n) is 14.4. The van der Waals surface area contributed by atoms with Gasteiger partial charge in [-0.05, 0) is 31.0 Å². The molecule has 0 aliphatic carbocycles. The molecule has 1 amide bonds. The van der Waals surface area contributed by atoms with Crippen LogP contribution < -0.4 is 5.32 Å². The highest BCUT2D eigenvalue weighted by molar-refractivity contribution is 7.91. The van der Waals surface area contributed by atoms with Gasteiger partial charge in [-0.25, -0.2) is 12.8 Å². The standard InChI is InChI=1S/C17H24FN3O3S/c1-13-2-3-16(15(18)10-13)19-17(22)11-20-5-7-21(8-6-20)14-4-9-25(23,24)12-14/h2-3,10,14H,4-9,11-12H2,1H3,(H,19,22). The van der Waals surface area contributed by atoms with Crippen LogP contribution in [0.3, 0.4) is 0 Å². The van der Waals surface area contributed by atoms with Gasteiger partial charge in [0.05, 0.1) is 23.7 Å². The van der Waals surface area contributed by atoms with Crippen LogP contribution in [0.4, 0.5) is 10.1 Å². The minimum atomic E-state index is -2.87. The number of hydrogen-bond acceptors (Lipinski definition) is 5. The molecule has 1 atom stereocenters. The number of halogens is 1. The lowest BCUT2D eigenvalue weighted by atomic mass is 10.2. The third kappa shape index (κ3) is 4.77. The van der Waals surface area contributed by atoms with E-state index < -0.39 is 15.7 Å². The van der Waals surface area contributed by atoms with Crippen LogP contribution in [0.15, 0.2) is 18.2 Å². The molecular formula is C17H24FN3O3S.